The summed E-state index contributed by atoms with van der Waals surface area (Å²) in [6.45, 7) is 2.24. The fraction of sp³-hybridized carbons (Fsp3) is 0.214. The maximum Gasteiger partial charge on any atom is 0.150 e. The van der Waals surface area contributed by atoms with Crippen molar-refractivity contribution in [1.29, 1.82) is 0 Å². The first-order chi connectivity index (χ1) is 17.5. The maximum atomic E-state index is 13.1. The van der Waals surface area contributed by atoms with Crippen molar-refractivity contribution in [2.24, 2.45) is 0 Å². The molecule has 1 saturated carbocycles. The lowest BCUT2D eigenvalue weighted by molar-refractivity contribution is 0.112. The highest BCUT2D eigenvalue weighted by molar-refractivity contribution is 7.84. The van der Waals surface area contributed by atoms with Crippen molar-refractivity contribution in [2.45, 2.75) is 42.9 Å². The van der Waals surface area contributed by atoms with E-state index in [0.29, 0.717) is 50.1 Å². The van der Waals surface area contributed by atoms with E-state index >= 15 is 0 Å². The summed E-state index contributed by atoms with van der Waals surface area (Å²) in [6, 6.07) is 16.2. The summed E-state index contributed by atoms with van der Waals surface area (Å²) in [5.41, 5.74) is 4.73. The first-order valence-electron chi connectivity index (χ1n) is 11.7. The maximum absolute atomic E-state index is 13.1. The van der Waals surface area contributed by atoms with Gasteiger partial charge in [-0.25, -0.2) is 0 Å². The molecule has 6 nitrogen and oxygen atoms in total. The molecule has 36 heavy (non-hydrogen) atoms. The number of benzene rings is 3. The van der Waals surface area contributed by atoms with E-state index in [-0.39, 0.29) is 6.61 Å². The number of fused-ring (bicyclic) bond motifs is 2. The number of hydrogen-bond donors (Lipinski definition) is 0. The number of ether oxygens (including phenoxy) is 2. The number of carbonyl (C=O) groups is 1. The SMILES string of the molecule is Cc1cccc(Cl)c1-c1noc(C2CC2)c1COc1ccc2c(c1)S(=O)Cc1ccc(C=O)cc1O2. The van der Waals surface area contributed by atoms with Crippen LogP contribution in [-0.2, 0) is 23.2 Å². The highest BCUT2D eigenvalue weighted by Crippen LogP contribution is 2.46. The number of carbonyl (C=O) groups excluding carboxylic acids is 1. The smallest absolute Gasteiger partial charge is 0.150 e. The molecule has 1 unspecified atom stereocenters. The summed E-state index contributed by atoms with van der Waals surface area (Å²) in [4.78, 5) is 11.7. The second-order valence-electron chi connectivity index (χ2n) is 9.05. The molecule has 1 aliphatic heterocycles. The quantitative estimate of drug-likeness (QED) is 0.255. The van der Waals surface area contributed by atoms with Gasteiger partial charge in [0, 0.05) is 28.7 Å². The van der Waals surface area contributed by atoms with Crippen molar-refractivity contribution in [3.8, 4) is 28.5 Å². The molecular weight excluding hydrogens is 498 g/mol. The fourth-order valence-corrected chi connectivity index (χ4v) is 6.02. The zero-order chi connectivity index (χ0) is 24.8. The lowest BCUT2D eigenvalue weighted by Crippen LogP contribution is -2.01. The first kappa shape index (κ1) is 23.0. The minimum Gasteiger partial charge on any atom is -0.489 e. The molecular formula is C28H22ClNO5S. The predicted octanol–water partition coefficient (Wildman–Crippen LogP) is 6.99. The van der Waals surface area contributed by atoms with E-state index in [1.165, 1.54) is 0 Å². The monoisotopic (exact) mass is 519 g/mol. The van der Waals surface area contributed by atoms with Gasteiger partial charge in [-0.15, -0.1) is 0 Å². The molecule has 8 heteroatoms. The molecule has 1 aromatic heterocycles. The molecule has 1 atom stereocenters. The van der Waals surface area contributed by atoms with E-state index in [0.717, 1.165) is 47.1 Å². The average molecular weight is 520 g/mol. The molecule has 1 fully saturated rings. The number of hydrogen-bond acceptors (Lipinski definition) is 6. The minimum atomic E-state index is -1.34. The van der Waals surface area contributed by atoms with Crippen molar-refractivity contribution >= 4 is 28.7 Å². The van der Waals surface area contributed by atoms with Crippen molar-refractivity contribution in [1.82, 2.24) is 5.16 Å². The number of halogens is 1. The number of aryl methyl sites for hydroxylation is 1. The van der Waals surface area contributed by atoms with Gasteiger partial charge < -0.3 is 14.0 Å². The Morgan fingerprint density at radius 2 is 2.00 bits per heavy atom. The van der Waals surface area contributed by atoms with Crippen molar-refractivity contribution < 1.29 is 23.0 Å². The second-order valence-corrected chi connectivity index (χ2v) is 10.9. The highest BCUT2D eigenvalue weighted by Gasteiger charge is 2.33. The Balaban J connectivity index is 1.30. The molecule has 3 aromatic carbocycles. The Kier molecular flexibility index (Phi) is 5.90. The van der Waals surface area contributed by atoms with Crippen LogP contribution in [0.3, 0.4) is 0 Å². The van der Waals surface area contributed by atoms with Crippen molar-refractivity contribution in [3.05, 3.63) is 87.6 Å². The van der Waals surface area contributed by atoms with Crippen LogP contribution in [0.15, 0.2) is 64.0 Å². The van der Waals surface area contributed by atoms with Crippen LogP contribution in [0.5, 0.6) is 17.2 Å². The van der Waals surface area contributed by atoms with E-state index in [2.05, 4.69) is 5.16 Å². The third kappa shape index (κ3) is 4.22. The summed E-state index contributed by atoms with van der Waals surface area (Å²) >= 11 is 6.54. The van der Waals surface area contributed by atoms with Crippen LogP contribution in [0.1, 0.15) is 51.6 Å². The Morgan fingerprint density at radius 3 is 2.78 bits per heavy atom. The Morgan fingerprint density at radius 1 is 1.14 bits per heavy atom. The lowest BCUT2D eigenvalue weighted by Gasteiger charge is -2.12. The largest absolute Gasteiger partial charge is 0.489 e. The van der Waals surface area contributed by atoms with Gasteiger partial charge in [0.15, 0.2) is 0 Å². The predicted molar refractivity (Wildman–Crippen MR) is 136 cm³/mol. The zero-order valence-corrected chi connectivity index (χ0v) is 21.0. The van der Waals surface area contributed by atoms with Gasteiger partial charge in [-0.3, -0.25) is 9.00 Å². The van der Waals surface area contributed by atoms with E-state index in [1.807, 2.05) is 25.1 Å². The molecule has 0 spiro atoms. The molecule has 2 heterocycles. The van der Waals surface area contributed by atoms with E-state index in [1.54, 1.807) is 36.4 Å². The van der Waals surface area contributed by atoms with Crippen LogP contribution in [0, 0.1) is 6.92 Å². The Hall–Kier alpha value is -3.42. The molecule has 0 amide bonds. The number of rotatable bonds is 6. The van der Waals surface area contributed by atoms with Gasteiger partial charge in [0.05, 0.1) is 32.0 Å². The Bertz CT molecular complexity index is 1500. The summed E-state index contributed by atoms with van der Waals surface area (Å²) in [7, 11) is -1.34. The van der Waals surface area contributed by atoms with Crippen LogP contribution in [-0.4, -0.2) is 15.7 Å². The Labute approximate surface area is 215 Å². The van der Waals surface area contributed by atoms with Crippen molar-refractivity contribution in [2.75, 3.05) is 0 Å². The van der Waals surface area contributed by atoms with E-state index in [9.17, 15) is 9.00 Å². The fourth-order valence-electron chi connectivity index (χ4n) is 4.45. The molecule has 6 rings (SSSR count). The third-order valence-electron chi connectivity index (χ3n) is 6.50. The molecule has 0 saturated heterocycles. The zero-order valence-electron chi connectivity index (χ0n) is 19.5. The summed E-state index contributed by atoms with van der Waals surface area (Å²) in [5.74, 6) is 3.06. The number of aldehydes is 1. The van der Waals surface area contributed by atoms with Crippen LogP contribution in [0.2, 0.25) is 5.02 Å². The highest BCUT2D eigenvalue weighted by atomic mass is 35.5. The number of aromatic nitrogens is 1. The summed E-state index contributed by atoms with van der Waals surface area (Å²) in [6.07, 6.45) is 2.89. The molecule has 4 aromatic rings. The van der Waals surface area contributed by atoms with Gasteiger partial charge in [0.1, 0.15) is 41.6 Å². The average Bonchev–Trinajstić information content (AvgIpc) is 3.66. The second kappa shape index (κ2) is 9.22. The van der Waals surface area contributed by atoms with Crippen LogP contribution in [0.25, 0.3) is 11.3 Å². The first-order valence-corrected chi connectivity index (χ1v) is 13.4. The van der Waals surface area contributed by atoms with E-state index < -0.39 is 10.8 Å². The van der Waals surface area contributed by atoms with E-state index in [4.69, 9.17) is 25.6 Å². The van der Waals surface area contributed by atoms with Gasteiger partial charge in [-0.2, -0.15) is 0 Å². The minimum absolute atomic E-state index is 0.241. The summed E-state index contributed by atoms with van der Waals surface area (Å²) in [5, 5.41) is 4.99. The van der Waals surface area contributed by atoms with Crippen LogP contribution in [0.4, 0.5) is 0 Å². The number of nitrogens with zero attached hydrogens (tertiary/aromatic N) is 1. The molecule has 0 bridgehead atoms. The topological polar surface area (TPSA) is 78.6 Å². The molecule has 0 radical (unpaired) electrons. The normalized spacial score (nSPS) is 16.4. The van der Waals surface area contributed by atoms with Crippen LogP contribution >= 0.6 is 11.6 Å². The standard InChI is InChI=1S/C28H22ClNO5S/c1-16-3-2-4-22(29)26(16)27-21(28(35-30-27)18-7-8-18)14-33-20-9-10-23-25(12-20)36(32)15-19-6-5-17(13-31)11-24(19)34-23/h2-6,9-13,18H,7-8,14-15H2,1H3. The molecule has 1 aliphatic carbocycles. The van der Waals surface area contributed by atoms with Gasteiger partial charge >= 0.3 is 0 Å². The van der Waals surface area contributed by atoms with Gasteiger partial charge in [0.25, 0.3) is 0 Å². The van der Waals surface area contributed by atoms with Gasteiger partial charge in [0.2, 0.25) is 0 Å². The lowest BCUT2D eigenvalue weighted by atomic mass is 10.0. The van der Waals surface area contributed by atoms with Crippen LogP contribution < -0.4 is 9.47 Å². The van der Waals surface area contributed by atoms with Gasteiger partial charge in [-0.1, -0.05) is 41.0 Å². The third-order valence-corrected chi connectivity index (χ3v) is 8.20. The molecule has 0 N–H and O–H groups in total. The van der Waals surface area contributed by atoms with Gasteiger partial charge in [-0.05, 0) is 49.6 Å². The van der Waals surface area contributed by atoms with Crippen molar-refractivity contribution in [3.63, 3.8) is 0 Å². The molecule has 182 valence electrons. The summed E-state index contributed by atoms with van der Waals surface area (Å²) < 4.78 is 31.1. The molecule has 2 aliphatic rings.